The molecule has 2 heterocycles. The lowest BCUT2D eigenvalue weighted by atomic mass is 10.2. The molecule has 1 N–H and O–H groups in total. The zero-order chi connectivity index (χ0) is 24.5. The number of rotatable bonds is 9. The van der Waals surface area contributed by atoms with E-state index in [4.69, 9.17) is 4.74 Å². The van der Waals surface area contributed by atoms with Crippen molar-refractivity contribution >= 4 is 32.7 Å². The van der Waals surface area contributed by atoms with Crippen molar-refractivity contribution in [1.29, 1.82) is 0 Å². The second-order valence-corrected chi connectivity index (χ2v) is 7.81. The van der Waals surface area contributed by atoms with Gasteiger partial charge in [0.05, 0.1) is 16.6 Å². The number of amides is 1. The van der Waals surface area contributed by atoms with E-state index in [-0.39, 0.29) is 5.91 Å². The Hall–Kier alpha value is -2.73. The number of nitrogens with one attached hydrogen (secondary N) is 1. The Morgan fingerprint density at radius 3 is 2.52 bits per heavy atom. The predicted octanol–water partition coefficient (Wildman–Crippen LogP) is 7.50. The van der Waals surface area contributed by atoms with Crippen LogP contribution in [0.15, 0.2) is 65.9 Å². The third kappa shape index (κ3) is 9.74. The van der Waals surface area contributed by atoms with Crippen LogP contribution >= 0.6 is 15.9 Å². The summed E-state index contributed by atoms with van der Waals surface area (Å²) in [5, 5.41) is 3.77. The van der Waals surface area contributed by atoms with Gasteiger partial charge in [0.25, 0.3) is 5.91 Å². The second kappa shape index (κ2) is 16.8. The summed E-state index contributed by atoms with van der Waals surface area (Å²) in [7, 11) is 0. The van der Waals surface area contributed by atoms with Crippen LogP contribution < -0.4 is 10.1 Å². The van der Waals surface area contributed by atoms with Gasteiger partial charge >= 0.3 is 0 Å². The molecule has 3 aromatic rings. The number of para-hydroxylation sites is 1. The molecule has 0 radical (unpaired) electrons. The number of fused-ring (bicyclic) bond motifs is 1. The fourth-order valence-electron chi connectivity index (χ4n) is 2.80. The van der Waals surface area contributed by atoms with Crippen molar-refractivity contribution in [1.82, 2.24) is 15.3 Å². The average Bonchev–Trinajstić information content (AvgIpc) is 2.85. The maximum absolute atomic E-state index is 12.5. The van der Waals surface area contributed by atoms with Gasteiger partial charge in [0.15, 0.2) is 0 Å². The molecule has 0 aliphatic heterocycles. The quantitative estimate of drug-likeness (QED) is 0.237. The minimum atomic E-state index is -0.239. The predicted molar refractivity (Wildman–Crippen MR) is 142 cm³/mol. The lowest BCUT2D eigenvalue weighted by Gasteiger charge is -2.12. The first-order chi connectivity index (χ1) is 16.1. The highest BCUT2D eigenvalue weighted by atomic mass is 79.9. The van der Waals surface area contributed by atoms with Crippen molar-refractivity contribution in [3.63, 3.8) is 0 Å². The highest BCUT2D eigenvalue weighted by Gasteiger charge is 2.11. The molecule has 0 aliphatic carbocycles. The van der Waals surface area contributed by atoms with Crippen LogP contribution in [0.25, 0.3) is 10.9 Å². The standard InChI is InChI=1S/C20H18BrN3O2.C5H12.C2H6/c1-2-3-10-26-18-7-5-4-6-14(18)12-23-20(25)17-9-8-15-11-22-13-16(21)19(15)24-17;1-3-5-4-2;1-2/h2,4-9,11,13H,1,3,10,12H2,(H,23,25);3-5H2,1-2H3;1-2H3. The SMILES string of the molecule is C=CCCOc1ccccc1CNC(=O)c1ccc2cncc(Br)c2n1.CC.CCCCC. The van der Waals surface area contributed by atoms with Gasteiger partial charge in [-0.15, -0.1) is 6.58 Å². The Balaban J connectivity index is 0.000000689. The molecule has 0 bridgehead atoms. The Morgan fingerprint density at radius 1 is 1.12 bits per heavy atom. The van der Waals surface area contributed by atoms with Crippen LogP contribution in [0.1, 0.15) is 69.4 Å². The molecule has 33 heavy (non-hydrogen) atoms. The topological polar surface area (TPSA) is 64.1 Å². The van der Waals surface area contributed by atoms with E-state index in [0.717, 1.165) is 27.6 Å². The molecule has 6 heteroatoms. The zero-order valence-electron chi connectivity index (χ0n) is 20.2. The van der Waals surface area contributed by atoms with Crippen LogP contribution in [-0.2, 0) is 6.54 Å². The van der Waals surface area contributed by atoms with Gasteiger partial charge in [-0.1, -0.05) is 71.2 Å². The number of aromatic nitrogens is 2. The van der Waals surface area contributed by atoms with Gasteiger partial charge in [-0.05, 0) is 40.5 Å². The van der Waals surface area contributed by atoms with E-state index in [2.05, 4.69) is 51.6 Å². The van der Waals surface area contributed by atoms with Gasteiger partial charge in [-0.3, -0.25) is 9.78 Å². The van der Waals surface area contributed by atoms with Crippen LogP contribution in [0.2, 0.25) is 0 Å². The molecule has 3 rings (SSSR count). The summed E-state index contributed by atoms with van der Waals surface area (Å²) >= 11 is 3.42. The molecule has 0 saturated carbocycles. The first kappa shape index (κ1) is 28.3. The summed E-state index contributed by atoms with van der Waals surface area (Å²) in [6, 6.07) is 11.2. The molecule has 1 amide bonds. The minimum absolute atomic E-state index is 0.239. The molecule has 0 atom stereocenters. The lowest BCUT2D eigenvalue weighted by Crippen LogP contribution is -2.24. The van der Waals surface area contributed by atoms with Crippen molar-refractivity contribution in [2.45, 2.75) is 59.9 Å². The number of halogens is 1. The average molecular weight is 515 g/mol. The Morgan fingerprint density at radius 2 is 1.85 bits per heavy atom. The number of benzene rings is 1. The van der Waals surface area contributed by atoms with Gasteiger partial charge in [-0.25, -0.2) is 4.98 Å². The summed E-state index contributed by atoms with van der Waals surface area (Å²) < 4.78 is 6.49. The van der Waals surface area contributed by atoms with E-state index in [1.54, 1.807) is 18.5 Å². The smallest absolute Gasteiger partial charge is 0.270 e. The molecule has 0 aliphatic rings. The molecule has 0 fully saturated rings. The monoisotopic (exact) mass is 513 g/mol. The van der Waals surface area contributed by atoms with Crippen LogP contribution in [0.3, 0.4) is 0 Å². The van der Waals surface area contributed by atoms with Gasteiger partial charge in [0.1, 0.15) is 11.4 Å². The van der Waals surface area contributed by atoms with E-state index in [9.17, 15) is 4.79 Å². The highest BCUT2D eigenvalue weighted by molar-refractivity contribution is 9.10. The fourth-order valence-corrected chi connectivity index (χ4v) is 3.23. The number of ether oxygens (including phenoxy) is 1. The van der Waals surface area contributed by atoms with E-state index >= 15 is 0 Å². The van der Waals surface area contributed by atoms with Crippen LogP contribution in [0.5, 0.6) is 5.75 Å². The number of hydrogen-bond acceptors (Lipinski definition) is 4. The third-order valence-electron chi connectivity index (χ3n) is 4.49. The summed E-state index contributed by atoms with van der Waals surface area (Å²) in [5.74, 6) is 0.520. The Bertz CT molecular complexity index is 990. The molecular formula is C27H36BrN3O2. The van der Waals surface area contributed by atoms with Gasteiger partial charge < -0.3 is 10.1 Å². The summed E-state index contributed by atoms with van der Waals surface area (Å²) in [5.41, 5.74) is 1.98. The fraction of sp³-hybridized carbons (Fsp3) is 0.370. The largest absolute Gasteiger partial charge is 0.493 e. The molecular weight excluding hydrogens is 478 g/mol. The van der Waals surface area contributed by atoms with Gasteiger partial charge in [-0.2, -0.15) is 0 Å². The molecule has 1 aromatic carbocycles. The molecule has 0 spiro atoms. The number of pyridine rings is 2. The Labute approximate surface area is 206 Å². The summed E-state index contributed by atoms with van der Waals surface area (Å²) in [6.07, 6.45) is 10.0. The normalized spacial score (nSPS) is 9.73. The number of hydrogen-bond donors (Lipinski definition) is 1. The number of nitrogens with zero attached hydrogens (tertiary/aromatic N) is 2. The maximum Gasteiger partial charge on any atom is 0.270 e. The van der Waals surface area contributed by atoms with Crippen molar-refractivity contribution in [2.24, 2.45) is 0 Å². The molecule has 178 valence electrons. The highest BCUT2D eigenvalue weighted by Crippen LogP contribution is 2.21. The van der Waals surface area contributed by atoms with E-state index < -0.39 is 0 Å². The number of unbranched alkanes of at least 4 members (excludes halogenated alkanes) is 2. The van der Waals surface area contributed by atoms with Crippen LogP contribution in [-0.4, -0.2) is 22.5 Å². The number of carbonyl (C=O) groups is 1. The van der Waals surface area contributed by atoms with Crippen LogP contribution in [0.4, 0.5) is 0 Å². The Kier molecular flexibility index (Phi) is 14.4. The lowest BCUT2D eigenvalue weighted by molar-refractivity contribution is 0.0946. The molecule has 0 saturated heterocycles. The van der Waals surface area contributed by atoms with Gasteiger partial charge in [0.2, 0.25) is 0 Å². The second-order valence-electron chi connectivity index (χ2n) is 6.96. The molecule has 2 aromatic heterocycles. The van der Waals surface area contributed by atoms with Crippen LogP contribution in [0, 0.1) is 0 Å². The third-order valence-corrected chi connectivity index (χ3v) is 5.07. The van der Waals surface area contributed by atoms with E-state index in [1.165, 1.54) is 19.3 Å². The van der Waals surface area contributed by atoms with E-state index in [1.807, 2.05) is 50.3 Å². The van der Waals surface area contributed by atoms with Crippen molar-refractivity contribution < 1.29 is 9.53 Å². The summed E-state index contributed by atoms with van der Waals surface area (Å²) in [4.78, 5) is 21.0. The van der Waals surface area contributed by atoms with Crippen molar-refractivity contribution in [3.8, 4) is 5.75 Å². The van der Waals surface area contributed by atoms with Gasteiger partial charge in [0, 0.05) is 29.9 Å². The van der Waals surface area contributed by atoms with Crippen molar-refractivity contribution in [2.75, 3.05) is 6.61 Å². The number of carbonyl (C=O) groups excluding carboxylic acids is 1. The minimum Gasteiger partial charge on any atom is -0.493 e. The first-order valence-corrected chi connectivity index (χ1v) is 12.4. The zero-order valence-corrected chi connectivity index (χ0v) is 21.8. The molecule has 5 nitrogen and oxygen atoms in total. The first-order valence-electron chi connectivity index (χ1n) is 11.6. The molecule has 0 unspecified atom stereocenters. The summed E-state index contributed by atoms with van der Waals surface area (Å²) in [6.45, 7) is 13.0. The van der Waals surface area contributed by atoms with E-state index in [0.29, 0.717) is 24.4 Å². The van der Waals surface area contributed by atoms with Crippen molar-refractivity contribution in [3.05, 3.63) is 77.2 Å². The maximum atomic E-state index is 12.5.